The van der Waals surface area contributed by atoms with E-state index in [0.717, 1.165) is 50.4 Å². The molecule has 2 aliphatic heterocycles. The quantitative estimate of drug-likeness (QED) is 0.836. The van der Waals surface area contributed by atoms with E-state index in [-0.39, 0.29) is 17.7 Å². The van der Waals surface area contributed by atoms with Gasteiger partial charge in [-0.2, -0.15) is 0 Å². The van der Waals surface area contributed by atoms with E-state index in [1.165, 1.54) is 0 Å². The first kappa shape index (κ1) is 17.8. The monoisotopic (exact) mass is 366 g/mol. The SMILES string of the molecule is CCn1ccnc1C1CCCN(C(=O)c2cccc(N3CCCC3=O)c2)C1. The number of amides is 2. The van der Waals surface area contributed by atoms with Crippen molar-refractivity contribution in [1.82, 2.24) is 14.5 Å². The molecule has 0 saturated carbocycles. The summed E-state index contributed by atoms with van der Waals surface area (Å²) in [5.41, 5.74) is 1.49. The Kier molecular flexibility index (Phi) is 4.97. The smallest absolute Gasteiger partial charge is 0.253 e. The van der Waals surface area contributed by atoms with Crippen molar-refractivity contribution in [2.24, 2.45) is 0 Å². The first-order valence-electron chi connectivity index (χ1n) is 9.88. The summed E-state index contributed by atoms with van der Waals surface area (Å²) < 4.78 is 2.16. The molecule has 2 aromatic rings. The molecule has 3 heterocycles. The van der Waals surface area contributed by atoms with Crippen molar-refractivity contribution in [2.45, 2.75) is 45.1 Å². The number of nitrogens with zero attached hydrogens (tertiary/aromatic N) is 4. The van der Waals surface area contributed by atoms with Crippen LogP contribution in [0.2, 0.25) is 0 Å². The number of aryl methyl sites for hydroxylation is 1. The molecule has 142 valence electrons. The summed E-state index contributed by atoms with van der Waals surface area (Å²) in [7, 11) is 0. The average molecular weight is 366 g/mol. The summed E-state index contributed by atoms with van der Waals surface area (Å²) in [5.74, 6) is 1.54. The van der Waals surface area contributed by atoms with Gasteiger partial charge in [-0.3, -0.25) is 9.59 Å². The second kappa shape index (κ2) is 7.55. The van der Waals surface area contributed by atoms with Crippen LogP contribution in [0.4, 0.5) is 5.69 Å². The summed E-state index contributed by atoms with van der Waals surface area (Å²) >= 11 is 0. The van der Waals surface area contributed by atoms with Gasteiger partial charge < -0.3 is 14.4 Å². The molecule has 2 fully saturated rings. The van der Waals surface area contributed by atoms with E-state index in [0.29, 0.717) is 18.5 Å². The minimum atomic E-state index is 0.0443. The van der Waals surface area contributed by atoms with E-state index >= 15 is 0 Å². The highest BCUT2D eigenvalue weighted by atomic mass is 16.2. The number of rotatable bonds is 4. The number of likely N-dealkylation sites (tertiary alicyclic amines) is 1. The van der Waals surface area contributed by atoms with Crippen LogP contribution in [0, 0.1) is 0 Å². The molecule has 0 N–H and O–H groups in total. The third kappa shape index (κ3) is 3.48. The van der Waals surface area contributed by atoms with Crippen molar-refractivity contribution in [3.8, 4) is 0 Å². The predicted octanol–water partition coefficient (Wildman–Crippen LogP) is 3.05. The lowest BCUT2D eigenvalue weighted by Gasteiger charge is -2.33. The Hall–Kier alpha value is -2.63. The molecule has 0 bridgehead atoms. The van der Waals surface area contributed by atoms with E-state index < -0.39 is 0 Å². The third-order valence-corrected chi connectivity index (χ3v) is 5.64. The number of piperidine rings is 1. The molecule has 1 atom stereocenters. The average Bonchev–Trinajstić information content (AvgIpc) is 3.36. The minimum absolute atomic E-state index is 0.0443. The highest BCUT2D eigenvalue weighted by molar-refractivity contribution is 5.99. The first-order chi connectivity index (χ1) is 13.2. The number of carbonyl (C=O) groups excluding carboxylic acids is 2. The molecule has 6 nitrogen and oxygen atoms in total. The summed E-state index contributed by atoms with van der Waals surface area (Å²) in [5, 5.41) is 0. The van der Waals surface area contributed by atoms with Gasteiger partial charge in [-0.1, -0.05) is 6.07 Å². The lowest BCUT2D eigenvalue weighted by Crippen LogP contribution is -2.39. The molecule has 6 heteroatoms. The third-order valence-electron chi connectivity index (χ3n) is 5.64. The molecule has 2 aliphatic rings. The van der Waals surface area contributed by atoms with Gasteiger partial charge in [0.15, 0.2) is 0 Å². The van der Waals surface area contributed by atoms with Gasteiger partial charge in [-0.05, 0) is 44.4 Å². The lowest BCUT2D eigenvalue weighted by molar-refractivity contribution is -0.117. The second-order valence-electron chi connectivity index (χ2n) is 7.36. The van der Waals surface area contributed by atoms with E-state index in [1.807, 2.05) is 41.6 Å². The number of hydrogen-bond donors (Lipinski definition) is 0. The Morgan fingerprint density at radius 1 is 1.26 bits per heavy atom. The molecule has 1 aromatic heterocycles. The normalized spacial score (nSPS) is 20.3. The molecule has 27 heavy (non-hydrogen) atoms. The molecule has 0 radical (unpaired) electrons. The standard InChI is InChI=1S/C21H26N4O2/c1-2-23-13-10-22-20(23)17-7-4-11-24(15-17)21(27)16-6-3-8-18(14-16)25-12-5-9-19(25)26/h3,6,8,10,13-14,17H,2,4-5,7,9,11-12,15H2,1H3. The molecule has 1 aromatic carbocycles. The van der Waals surface area contributed by atoms with Crippen LogP contribution < -0.4 is 4.90 Å². The zero-order chi connectivity index (χ0) is 18.8. The van der Waals surface area contributed by atoms with Crippen molar-refractivity contribution in [1.29, 1.82) is 0 Å². The fourth-order valence-electron chi connectivity index (χ4n) is 4.23. The Bertz CT molecular complexity index is 844. The van der Waals surface area contributed by atoms with Gasteiger partial charge in [0.1, 0.15) is 5.82 Å². The van der Waals surface area contributed by atoms with Crippen molar-refractivity contribution >= 4 is 17.5 Å². The predicted molar refractivity (Wildman–Crippen MR) is 104 cm³/mol. The van der Waals surface area contributed by atoms with Crippen LogP contribution in [-0.2, 0) is 11.3 Å². The van der Waals surface area contributed by atoms with Crippen LogP contribution in [0.3, 0.4) is 0 Å². The molecular formula is C21H26N4O2. The number of imidazole rings is 1. The van der Waals surface area contributed by atoms with Crippen molar-refractivity contribution in [2.75, 3.05) is 24.5 Å². The highest BCUT2D eigenvalue weighted by Crippen LogP contribution is 2.28. The van der Waals surface area contributed by atoms with Crippen LogP contribution in [0.25, 0.3) is 0 Å². The second-order valence-corrected chi connectivity index (χ2v) is 7.36. The largest absolute Gasteiger partial charge is 0.338 e. The fourth-order valence-corrected chi connectivity index (χ4v) is 4.23. The topological polar surface area (TPSA) is 58.4 Å². The Balaban J connectivity index is 1.51. The zero-order valence-electron chi connectivity index (χ0n) is 15.8. The molecule has 2 saturated heterocycles. The van der Waals surface area contributed by atoms with E-state index in [9.17, 15) is 9.59 Å². The summed E-state index contributed by atoms with van der Waals surface area (Å²) in [6, 6.07) is 7.50. The Morgan fingerprint density at radius 3 is 2.93 bits per heavy atom. The van der Waals surface area contributed by atoms with Crippen molar-refractivity contribution in [3.05, 3.63) is 48.0 Å². The first-order valence-corrected chi connectivity index (χ1v) is 9.88. The molecule has 0 aliphatic carbocycles. The highest BCUT2D eigenvalue weighted by Gasteiger charge is 2.28. The maximum absolute atomic E-state index is 13.1. The van der Waals surface area contributed by atoms with Crippen LogP contribution in [-0.4, -0.2) is 45.9 Å². The molecule has 1 unspecified atom stereocenters. The maximum Gasteiger partial charge on any atom is 0.253 e. The van der Waals surface area contributed by atoms with Gasteiger partial charge in [-0.15, -0.1) is 0 Å². The van der Waals surface area contributed by atoms with Crippen LogP contribution in [0.5, 0.6) is 0 Å². The van der Waals surface area contributed by atoms with Gasteiger partial charge >= 0.3 is 0 Å². The number of benzene rings is 1. The van der Waals surface area contributed by atoms with Gasteiger partial charge in [0, 0.05) is 62.2 Å². The van der Waals surface area contributed by atoms with Gasteiger partial charge in [0.05, 0.1) is 0 Å². The zero-order valence-corrected chi connectivity index (χ0v) is 15.8. The molecule has 2 amide bonds. The van der Waals surface area contributed by atoms with E-state index in [4.69, 9.17) is 0 Å². The fraction of sp³-hybridized carbons (Fsp3) is 0.476. The van der Waals surface area contributed by atoms with Gasteiger partial charge in [-0.25, -0.2) is 4.98 Å². The van der Waals surface area contributed by atoms with Gasteiger partial charge in [0.25, 0.3) is 5.91 Å². The van der Waals surface area contributed by atoms with Crippen molar-refractivity contribution < 1.29 is 9.59 Å². The van der Waals surface area contributed by atoms with Crippen LogP contribution >= 0.6 is 0 Å². The summed E-state index contributed by atoms with van der Waals surface area (Å²) in [6.45, 7) is 5.22. The number of aromatic nitrogens is 2. The number of anilines is 1. The Labute approximate surface area is 159 Å². The molecule has 0 spiro atoms. The Morgan fingerprint density at radius 2 is 2.15 bits per heavy atom. The molecular weight excluding hydrogens is 340 g/mol. The van der Waals surface area contributed by atoms with Crippen LogP contribution in [0.15, 0.2) is 36.7 Å². The lowest BCUT2D eigenvalue weighted by atomic mass is 9.96. The van der Waals surface area contributed by atoms with Gasteiger partial charge in [0.2, 0.25) is 5.91 Å². The molecule has 4 rings (SSSR count). The summed E-state index contributed by atoms with van der Waals surface area (Å²) in [6.07, 6.45) is 7.37. The minimum Gasteiger partial charge on any atom is -0.338 e. The van der Waals surface area contributed by atoms with E-state index in [1.54, 1.807) is 4.90 Å². The van der Waals surface area contributed by atoms with Crippen LogP contribution in [0.1, 0.15) is 54.7 Å². The number of hydrogen-bond acceptors (Lipinski definition) is 3. The number of carbonyl (C=O) groups is 2. The maximum atomic E-state index is 13.1. The van der Waals surface area contributed by atoms with E-state index in [2.05, 4.69) is 16.5 Å². The summed E-state index contributed by atoms with van der Waals surface area (Å²) in [4.78, 5) is 33.4. The van der Waals surface area contributed by atoms with Crippen molar-refractivity contribution in [3.63, 3.8) is 0 Å².